The average molecular weight is 419 g/mol. The Morgan fingerprint density at radius 1 is 1.07 bits per heavy atom. The Morgan fingerprint density at radius 2 is 1.79 bits per heavy atom. The van der Waals surface area contributed by atoms with E-state index in [1.54, 1.807) is 0 Å². The van der Waals surface area contributed by atoms with Crippen LogP contribution in [0.25, 0.3) is 0 Å². The van der Waals surface area contributed by atoms with Gasteiger partial charge in [0.1, 0.15) is 12.4 Å². The first-order valence-corrected chi connectivity index (χ1v) is 11.5. The number of aryl methyl sites for hydroxylation is 3. The van der Waals surface area contributed by atoms with Gasteiger partial charge in [-0.25, -0.2) is 8.42 Å². The number of nitrogens with one attached hydrogen (secondary N) is 1. The van der Waals surface area contributed by atoms with Crippen molar-refractivity contribution in [1.29, 1.82) is 0 Å². The van der Waals surface area contributed by atoms with E-state index in [2.05, 4.69) is 5.32 Å². The molecule has 0 spiro atoms. The van der Waals surface area contributed by atoms with E-state index in [0.717, 1.165) is 22.4 Å². The molecule has 0 saturated carbocycles. The minimum Gasteiger partial charge on any atom is -0.491 e. The number of amides is 1. The first-order chi connectivity index (χ1) is 13.7. The third-order valence-corrected chi connectivity index (χ3v) is 5.75. The van der Waals surface area contributed by atoms with Gasteiger partial charge in [0.2, 0.25) is 15.9 Å². The van der Waals surface area contributed by atoms with Gasteiger partial charge in [0.05, 0.1) is 18.5 Å². The second-order valence-electron chi connectivity index (χ2n) is 7.19. The first kappa shape index (κ1) is 22.7. The molecule has 0 fully saturated rings. The van der Waals surface area contributed by atoms with Crippen molar-refractivity contribution in [3.05, 3.63) is 59.2 Å². The smallest absolute Gasteiger partial charge is 0.232 e. The Morgan fingerprint density at radius 3 is 2.48 bits per heavy atom. The van der Waals surface area contributed by atoms with Crippen molar-refractivity contribution in [2.75, 3.05) is 30.3 Å². The van der Waals surface area contributed by atoms with Crippen molar-refractivity contribution in [2.45, 2.75) is 33.6 Å². The first-order valence-electron chi connectivity index (χ1n) is 9.68. The molecule has 0 aliphatic rings. The maximum atomic E-state index is 12.3. The number of sulfonamides is 1. The van der Waals surface area contributed by atoms with E-state index < -0.39 is 10.0 Å². The number of ether oxygens (including phenoxy) is 1. The molecule has 0 heterocycles. The summed E-state index contributed by atoms with van der Waals surface area (Å²) in [6.07, 6.45) is 1.88. The van der Waals surface area contributed by atoms with Gasteiger partial charge < -0.3 is 10.1 Å². The Kier molecular flexibility index (Phi) is 8.08. The van der Waals surface area contributed by atoms with Crippen LogP contribution in [0.1, 0.15) is 29.5 Å². The highest BCUT2D eigenvalue weighted by molar-refractivity contribution is 7.92. The van der Waals surface area contributed by atoms with Crippen LogP contribution in [0.2, 0.25) is 0 Å². The molecular weight excluding hydrogens is 388 g/mol. The van der Waals surface area contributed by atoms with Gasteiger partial charge in [-0.3, -0.25) is 9.10 Å². The van der Waals surface area contributed by atoms with Crippen molar-refractivity contribution in [1.82, 2.24) is 5.32 Å². The van der Waals surface area contributed by atoms with Gasteiger partial charge in [0, 0.05) is 13.0 Å². The molecule has 29 heavy (non-hydrogen) atoms. The van der Waals surface area contributed by atoms with Crippen LogP contribution in [0.15, 0.2) is 42.5 Å². The van der Waals surface area contributed by atoms with Crippen LogP contribution in [-0.4, -0.2) is 40.3 Å². The summed E-state index contributed by atoms with van der Waals surface area (Å²) in [5, 5.41) is 2.81. The monoisotopic (exact) mass is 418 g/mol. The van der Waals surface area contributed by atoms with Gasteiger partial charge in [-0.15, -0.1) is 0 Å². The highest BCUT2D eigenvalue weighted by Gasteiger charge is 2.19. The molecule has 2 aromatic carbocycles. The summed E-state index contributed by atoms with van der Waals surface area (Å²) < 4.78 is 31.5. The molecule has 0 aromatic heterocycles. The predicted octanol–water partition coefficient (Wildman–Crippen LogP) is 3.35. The van der Waals surface area contributed by atoms with E-state index in [1.807, 2.05) is 63.2 Å². The molecule has 0 saturated heterocycles. The van der Waals surface area contributed by atoms with E-state index in [4.69, 9.17) is 4.74 Å². The molecular formula is C22H30N2O4S. The summed E-state index contributed by atoms with van der Waals surface area (Å²) in [5.41, 5.74) is 3.59. The molecule has 2 rings (SSSR count). The van der Waals surface area contributed by atoms with Gasteiger partial charge in [-0.05, 0) is 56.0 Å². The van der Waals surface area contributed by atoms with Crippen molar-refractivity contribution < 1.29 is 17.9 Å². The van der Waals surface area contributed by atoms with Crippen LogP contribution >= 0.6 is 0 Å². The molecule has 0 unspecified atom stereocenters. The number of anilines is 1. The minimum atomic E-state index is -3.43. The third kappa shape index (κ3) is 7.09. The van der Waals surface area contributed by atoms with Gasteiger partial charge >= 0.3 is 0 Å². The number of carbonyl (C=O) groups excluding carboxylic acids is 1. The van der Waals surface area contributed by atoms with Crippen LogP contribution in [0.5, 0.6) is 5.75 Å². The van der Waals surface area contributed by atoms with Gasteiger partial charge in [-0.1, -0.05) is 30.3 Å². The van der Waals surface area contributed by atoms with Crippen LogP contribution in [0.4, 0.5) is 5.69 Å². The summed E-state index contributed by atoms with van der Waals surface area (Å²) >= 11 is 0. The number of rotatable bonds is 10. The average Bonchev–Trinajstić information content (AvgIpc) is 2.65. The number of benzene rings is 2. The molecule has 0 aliphatic carbocycles. The molecule has 1 N–H and O–H groups in total. The van der Waals surface area contributed by atoms with Gasteiger partial charge in [0.25, 0.3) is 0 Å². The molecule has 0 bridgehead atoms. The summed E-state index contributed by atoms with van der Waals surface area (Å²) in [6.45, 7) is 6.83. The molecule has 7 heteroatoms. The number of nitrogens with zero attached hydrogens (tertiary/aromatic N) is 1. The van der Waals surface area contributed by atoms with Crippen molar-refractivity contribution in [2.24, 2.45) is 0 Å². The zero-order chi connectivity index (χ0) is 21.4. The summed E-state index contributed by atoms with van der Waals surface area (Å²) in [4.78, 5) is 12.1. The fourth-order valence-corrected chi connectivity index (χ4v) is 4.01. The Labute approximate surface area is 173 Å². The second-order valence-corrected chi connectivity index (χ2v) is 9.10. The highest BCUT2D eigenvalue weighted by Crippen LogP contribution is 2.24. The zero-order valence-electron chi connectivity index (χ0n) is 17.6. The maximum Gasteiger partial charge on any atom is 0.232 e. The Balaban J connectivity index is 1.81. The van der Waals surface area contributed by atoms with Gasteiger partial charge in [-0.2, -0.15) is 0 Å². The largest absolute Gasteiger partial charge is 0.491 e. The zero-order valence-corrected chi connectivity index (χ0v) is 18.4. The van der Waals surface area contributed by atoms with Crippen LogP contribution < -0.4 is 14.4 Å². The lowest BCUT2D eigenvalue weighted by molar-refractivity contribution is -0.121. The normalized spacial score (nSPS) is 11.2. The van der Waals surface area contributed by atoms with E-state index >= 15 is 0 Å². The third-order valence-electron chi connectivity index (χ3n) is 4.57. The van der Waals surface area contributed by atoms with Crippen LogP contribution in [0, 0.1) is 20.8 Å². The molecule has 2 aromatic rings. The van der Waals surface area contributed by atoms with Crippen molar-refractivity contribution in [3.63, 3.8) is 0 Å². The lowest BCUT2D eigenvalue weighted by Crippen LogP contribution is -2.33. The number of carbonyl (C=O) groups is 1. The summed E-state index contributed by atoms with van der Waals surface area (Å²) in [5.74, 6) is 0.687. The molecule has 0 aliphatic heterocycles. The Bertz CT molecular complexity index is 942. The Hall–Kier alpha value is -2.54. The van der Waals surface area contributed by atoms with Crippen LogP contribution in [-0.2, 0) is 14.8 Å². The van der Waals surface area contributed by atoms with E-state index in [0.29, 0.717) is 25.3 Å². The van der Waals surface area contributed by atoms with E-state index in [1.165, 1.54) is 10.6 Å². The quantitative estimate of drug-likeness (QED) is 0.601. The minimum absolute atomic E-state index is 0.118. The van der Waals surface area contributed by atoms with Crippen molar-refractivity contribution >= 4 is 21.6 Å². The molecule has 1 amide bonds. The fourth-order valence-electron chi connectivity index (χ4n) is 2.99. The lowest BCUT2D eigenvalue weighted by Gasteiger charge is -2.24. The number of para-hydroxylation sites is 1. The summed E-state index contributed by atoms with van der Waals surface area (Å²) in [6, 6.07) is 13.4. The van der Waals surface area contributed by atoms with Crippen LogP contribution in [0.3, 0.4) is 0 Å². The van der Waals surface area contributed by atoms with E-state index in [-0.39, 0.29) is 18.9 Å². The fraction of sp³-hybridized carbons (Fsp3) is 0.409. The second kappa shape index (κ2) is 10.3. The number of hydrogen-bond donors (Lipinski definition) is 1. The SMILES string of the molecule is Cc1ccc(C)c(N(CCCC(=O)NCCOc2ccccc2C)S(C)(=O)=O)c1. The van der Waals surface area contributed by atoms with E-state index in [9.17, 15) is 13.2 Å². The topological polar surface area (TPSA) is 75.7 Å². The lowest BCUT2D eigenvalue weighted by atomic mass is 10.1. The summed E-state index contributed by atoms with van der Waals surface area (Å²) in [7, 11) is -3.43. The molecule has 6 nitrogen and oxygen atoms in total. The number of hydrogen-bond acceptors (Lipinski definition) is 4. The molecule has 158 valence electrons. The van der Waals surface area contributed by atoms with Crippen molar-refractivity contribution in [3.8, 4) is 5.75 Å². The standard InChI is InChI=1S/C22H30N2O4S/c1-17-11-12-18(2)20(16-17)24(29(4,26)27)14-7-10-22(25)23-13-15-28-21-9-6-5-8-19(21)3/h5-6,8-9,11-12,16H,7,10,13-15H2,1-4H3,(H,23,25). The maximum absolute atomic E-state index is 12.3. The predicted molar refractivity (Wildman–Crippen MR) is 117 cm³/mol. The highest BCUT2D eigenvalue weighted by atomic mass is 32.2. The molecule has 0 atom stereocenters. The van der Waals surface area contributed by atoms with Gasteiger partial charge in [0.15, 0.2) is 0 Å². The molecule has 0 radical (unpaired) electrons.